The molecule has 0 saturated heterocycles. The highest BCUT2D eigenvalue weighted by Crippen LogP contribution is 2.00. The van der Waals surface area contributed by atoms with E-state index in [1.54, 1.807) is 14.0 Å². The zero-order valence-electron chi connectivity index (χ0n) is 10.1. The Morgan fingerprint density at radius 3 is 2.69 bits per heavy atom. The van der Waals surface area contributed by atoms with Crippen LogP contribution in [0.25, 0.3) is 0 Å². The highest BCUT2D eigenvalue weighted by atomic mass is 16.5. The van der Waals surface area contributed by atoms with Crippen LogP contribution in [-0.2, 0) is 11.2 Å². The summed E-state index contributed by atoms with van der Waals surface area (Å²) >= 11 is 0. The fourth-order valence-corrected chi connectivity index (χ4v) is 1.06. The van der Waals surface area contributed by atoms with Crippen molar-refractivity contribution < 1.29 is 9.32 Å². The lowest BCUT2D eigenvalue weighted by molar-refractivity contribution is -0.126. The molecule has 1 heterocycles. The van der Waals surface area contributed by atoms with E-state index < -0.39 is 5.54 Å². The van der Waals surface area contributed by atoms with Crippen LogP contribution in [0, 0.1) is 6.92 Å². The fourth-order valence-electron chi connectivity index (χ4n) is 1.06. The Morgan fingerprint density at radius 2 is 2.19 bits per heavy atom. The molecule has 0 bridgehead atoms. The van der Waals surface area contributed by atoms with Crippen molar-refractivity contribution >= 4 is 5.91 Å². The predicted octanol–water partition coefficient (Wildman–Crippen LogP) is 0.0347. The molecule has 0 fully saturated rings. The lowest BCUT2D eigenvalue weighted by atomic mass is 10.1. The van der Waals surface area contributed by atoms with Crippen molar-refractivity contribution in [3.8, 4) is 0 Å². The average molecular weight is 226 g/mol. The minimum atomic E-state index is -0.565. The summed E-state index contributed by atoms with van der Waals surface area (Å²) in [7, 11) is 1.75. The standard InChI is InChI=1S/C10H18N4O2/c1-7-13-8(16-14-7)5-6-12-9(15)10(2,3)11-4/h11H,5-6H2,1-4H3,(H,12,15). The highest BCUT2D eigenvalue weighted by molar-refractivity contribution is 5.85. The van der Waals surface area contributed by atoms with Crippen LogP contribution in [0.3, 0.4) is 0 Å². The third-order valence-corrected chi connectivity index (χ3v) is 2.39. The maximum atomic E-state index is 11.7. The van der Waals surface area contributed by atoms with E-state index >= 15 is 0 Å². The molecule has 90 valence electrons. The van der Waals surface area contributed by atoms with Gasteiger partial charge in [0.15, 0.2) is 5.82 Å². The topological polar surface area (TPSA) is 80.0 Å². The predicted molar refractivity (Wildman–Crippen MR) is 58.9 cm³/mol. The van der Waals surface area contributed by atoms with E-state index in [-0.39, 0.29) is 5.91 Å². The maximum absolute atomic E-state index is 11.7. The number of rotatable bonds is 5. The Bertz CT molecular complexity index is 359. The molecule has 1 rings (SSSR count). The van der Waals surface area contributed by atoms with Crippen molar-refractivity contribution in [2.45, 2.75) is 32.7 Å². The molecule has 1 amide bonds. The molecule has 1 aromatic heterocycles. The Hall–Kier alpha value is -1.43. The first-order valence-corrected chi connectivity index (χ1v) is 5.22. The summed E-state index contributed by atoms with van der Waals surface area (Å²) < 4.78 is 4.93. The van der Waals surface area contributed by atoms with Gasteiger partial charge in [0.1, 0.15) is 0 Å². The van der Waals surface area contributed by atoms with Crippen molar-refractivity contribution in [2.24, 2.45) is 0 Å². The lowest BCUT2D eigenvalue weighted by Gasteiger charge is -2.22. The van der Waals surface area contributed by atoms with E-state index in [0.717, 1.165) is 0 Å². The van der Waals surface area contributed by atoms with Crippen LogP contribution in [0.5, 0.6) is 0 Å². The molecule has 0 aromatic carbocycles. The van der Waals surface area contributed by atoms with Gasteiger partial charge in [0.2, 0.25) is 11.8 Å². The van der Waals surface area contributed by atoms with E-state index in [1.165, 1.54) is 0 Å². The first kappa shape index (κ1) is 12.6. The number of carbonyl (C=O) groups is 1. The second-order valence-corrected chi connectivity index (χ2v) is 4.12. The van der Waals surface area contributed by atoms with Crippen LogP contribution in [0.2, 0.25) is 0 Å². The third kappa shape index (κ3) is 3.30. The minimum absolute atomic E-state index is 0.0498. The summed E-state index contributed by atoms with van der Waals surface area (Å²) in [6.45, 7) is 5.89. The number of aryl methyl sites for hydroxylation is 1. The molecule has 0 aliphatic carbocycles. The Morgan fingerprint density at radius 1 is 1.50 bits per heavy atom. The molecule has 0 saturated carbocycles. The van der Waals surface area contributed by atoms with Crippen LogP contribution >= 0.6 is 0 Å². The van der Waals surface area contributed by atoms with E-state index in [9.17, 15) is 4.79 Å². The van der Waals surface area contributed by atoms with Gasteiger partial charge >= 0.3 is 0 Å². The van der Waals surface area contributed by atoms with Gasteiger partial charge in [0.05, 0.1) is 5.54 Å². The SMILES string of the molecule is CNC(C)(C)C(=O)NCCc1nc(C)no1. The van der Waals surface area contributed by atoms with Crippen LogP contribution < -0.4 is 10.6 Å². The van der Waals surface area contributed by atoms with Gasteiger partial charge in [-0.15, -0.1) is 0 Å². The molecule has 0 aliphatic heterocycles. The van der Waals surface area contributed by atoms with Gasteiger partial charge in [0, 0.05) is 13.0 Å². The van der Waals surface area contributed by atoms with Gasteiger partial charge in [-0.1, -0.05) is 5.16 Å². The summed E-state index contributed by atoms with van der Waals surface area (Å²) in [6.07, 6.45) is 0.548. The van der Waals surface area contributed by atoms with Gasteiger partial charge < -0.3 is 15.2 Å². The molecular weight excluding hydrogens is 208 g/mol. The number of amides is 1. The fraction of sp³-hybridized carbons (Fsp3) is 0.700. The number of hydrogen-bond acceptors (Lipinski definition) is 5. The Kier molecular flexibility index (Phi) is 4.00. The van der Waals surface area contributed by atoms with Crippen molar-refractivity contribution in [2.75, 3.05) is 13.6 Å². The van der Waals surface area contributed by atoms with Gasteiger partial charge in [-0.2, -0.15) is 4.98 Å². The average Bonchev–Trinajstić information content (AvgIpc) is 2.64. The summed E-state index contributed by atoms with van der Waals surface area (Å²) in [5.74, 6) is 1.10. The van der Waals surface area contributed by atoms with Crippen molar-refractivity contribution in [1.29, 1.82) is 0 Å². The highest BCUT2D eigenvalue weighted by Gasteiger charge is 2.24. The zero-order chi connectivity index (χ0) is 12.2. The normalized spacial score (nSPS) is 11.5. The molecule has 0 radical (unpaired) electrons. The van der Waals surface area contributed by atoms with Crippen molar-refractivity contribution in [1.82, 2.24) is 20.8 Å². The van der Waals surface area contributed by atoms with Gasteiger partial charge in [-0.05, 0) is 27.8 Å². The second kappa shape index (κ2) is 5.07. The third-order valence-electron chi connectivity index (χ3n) is 2.39. The van der Waals surface area contributed by atoms with E-state index in [0.29, 0.717) is 24.7 Å². The lowest BCUT2D eigenvalue weighted by Crippen LogP contribution is -2.51. The number of hydrogen-bond donors (Lipinski definition) is 2. The number of nitrogens with one attached hydrogen (secondary N) is 2. The maximum Gasteiger partial charge on any atom is 0.239 e. The molecule has 0 spiro atoms. The Labute approximate surface area is 94.8 Å². The molecule has 6 heteroatoms. The molecule has 2 N–H and O–H groups in total. The van der Waals surface area contributed by atoms with Crippen LogP contribution in [0.15, 0.2) is 4.52 Å². The summed E-state index contributed by atoms with van der Waals surface area (Å²) in [5, 5.41) is 9.40. The van der Waals surface area contributed by atoms with E-state index in [2.05, 4.69) is 20.8 Å². The number of likely N-dealkylation sites (N-methyl/N-ethyl adjacent to an activating group) is 1. The monoisotopic (exact) mass is 226 g/mol. The smallest absolute Gasteiger partial charge is 0.239 e. The van der Waals surface area contributed by atoms with Crippen molar-refractivity contribution in [3.05, 3.63) is 11.7 Å². The number of carbonyl (C=O) groups excluding carboxylic acids is 1. The van der Waals surface area contributed by atoms with Gasteiger partial charge in [-0.25, -0.2) is 0 Å². The quantitative estimate of drug-likeness (QED) is 0.740. The van der Waals surface area contributed by atoms with Gasteiger partial charge in [-0.3, -0.25) is 4.79 Å². The molecule has 0 aliphatic rings. The molecule has 16 heavy (non-hydrogen) atoms. The molecule has 0 unspecified atom stereocenters. The summed E-state index contributed by atoms with van der Waals surface area (Å²) in [5.41, 5.74) is -0.565. The molecular formula is C10H18N4O2. The summed E-state index contributed by atoms with van der Waals surface area (Å²) in [6, 6.07) is 0. The largest absolute Gasteiger partial charge is 0.354 e. The van der Waals surface area contributed by atoms with E-state index in [1.807, 2.05) is 13.8 Å². The van der Waals surface area contributed by atoms with Gasteiger partial charge in [0.25, 0.3) is 0 Å². The summed E-state index contributed by atoms with van der Waals surface area (Å²) in [4.78, 5) is 15.7. The second-order valence-electron chi connectivity index (χ2n) is 4.12. The molecule has 6 nitrogen and oxygen atoms in total. The molecule has 0 atom stereocenters. The van der Waals surface area contributed by atoms with Crippen molar-refractivity contribution in [3.63, 3.8) is 0 Å². The zero-order valence-corrected chi connectivity index (χ0v) is 10.1. The minimum Gasteiger partial charge on any atom is -0.354 e. The van der Waals surface area contributed by atoms with E-state index in [4.69, 9.17) is 4.52 Å². The van der Waals surface area contributed by atoms with Crippen LogP contribution in [-0.4, -0.2) is 35.2 Å². The molecule has 1 aromatic rings. The first-order valence-electron chi connectivity index (χ1n) is 5.22. The Balaban J connectivity index is 2.33. The number of nitrogens with zero attached hydrogens (tertiary/aromatic N) is 2. The number of aromatic nitrogens is 2. The van der Waals surface area contributed by atoms with Crippen LogP contribution in [0.4, 0.5) is 0 Å². The first-order chi connectivity index (χ1) is 7.45. The van der Waals surface area contributed by atoms with Crippen LogP contribution in [0.1, 0.15) is 25.6 Å².